The van der Waals surface area contributed by atoms with Gasteiger partial charge in [0, 0.05) is 22.7 Å². The number of nitrogens with one attached hydrogen (secondary N) is 1. The van der Waals surface area contributed by atoms with Crippen LogP contribution in [0.2, 0.25) is 0 Å². The van der Waals surface area contributed by atoms with E-state index < -0.39 is 0 Å². The van der Waals surface area contributed by atoms with Gasteiger partial charge in [-0.2, -0.15) is 0 Å². The third-order valence-electron chi connectivity index (χ3n) is 5.23. The standard InChI is InChI=1S/C25H19N3O2S/c29-23(20-14-26-21-12-6-4-10-18(20)21)16-31-25-27-22-13-7-5-11-19(22)24(30)28(25)15-17-8-2-1-3-9-17/h1-14,26H,15-16H2. The maximum Gasteiger partial charge on any atom is 0.262 e. The summed E-state index contributed by atoms with van der Waals surface area (Å²) < 4.78 is 1.66. The Bertz CT molecular complexity index is 1450. The van der Waals surface area contributed by atoms with Gasteiger partial charge in [-0.1, -0.05) is 72.4 Å². The van der Waals surface area contributed by atoms with Crippen LogP contribution in [0.25, 0.3) is 21.8 Å². The van der Waals surface area contributed by atoms with E-state index in [4.69, 9.17) is 4.98 Å². The molecule has 0 saturated heterocycles. The van der Waals surface area contributed by atoms with Crippen LogP contribution in [0, 0.1) is 0 Å². The van der Waals surface area contributed by atoms with E-state index in [1.807, 2.05) is 72.8 Å². The van der Waals surface area contributed by atoms with Crippen LogP contribution >= 0.6 is 11.8 Å². The third-order valence-corrected chi connectivity index (χ3v) is 6.21. The van der Waals surface area contributed by atoms with Crippen LogP contribution in [0.15, 0.2) is 95.0 Å². The predicted molar refractivity (Wildman–Crippen MR) is 125 cm³/mol. The van der Waals surface area contributed by atoms with Crippen LogP contribution in [0.3, 0.4) is 0 Å². The van der Waals surface area contributed by atoms with Crippen LogP contribution in [0.1, 0.15) is 15.9 Å². The fourth-order valence-electron chi connectivity index (χ4n) is 3.67. The van der Waals surface area contributed by atoms with Gasteiger partial charge in [0.05, 0.1) is 23.2 Å². The van der Waals surface area contributed by atoms with E-state index in [1.165, 1.54) is 11.8 Å². The molecule has 1 N–H and O–H groups in total. The number of carbonyl (C=O) groups is 1. The van der Waals surface area contributed by atoms with Crippen LogP contribution in [-0.4, -0.2) is 26.1 Å². The molecule has 0 spiro atoms. The maximum atomic E-state index is 13.2. The molecule has 0 amide bonds. The second-order valence-corrected chi connectivity index (χ2v) is 8.19. The van der Waals surface area contributed by atoms with Gasteiger partial charge < -0.3 is 4.98 Å². The molecule has 2 aromatic heterocycles. The average Bonchev–Trinajstić information content (AvgIpc) is 3.25. The summed E-state index contributed by atoms with van der Waals surface area (Å²) in [5, 5.41) is 2.02. The zero-order valence-corrected chi connectivity index (χ0v) is 17.4. The summed E-state index contributed by atoms with van der Waals surface area (Å²) in [7, 11) is 0. The number of hydrogen-bond donors (Lipinski definition) is 1. The molecule has 31 heavy (non-hydrogen) atoms. The number of thioether (sulfide) groups is 1. The van der Waals surface area contributed by atoms with Gasteiger partial charge in [0.2, 0.25) is 0 Å². The van der Waals surface area contributed by atoms with Crippen molar-refractivity contribution in [1.29, 1.82) is 0 Å². The zero-order chi connectivity index (χ0) is 21.2. The van der Waals surface area contributed by atoms with E-state index in [9.17, 15) is 9.59 Å². The van der Waals surface area contributed by atoms with Gasteiger partial charge in [-0.15, -0.1) is 0 Å². The van der Waals surface area contributed by atoms with E-state index in [1.54, 1.807) is 16.8 Å². The lowest BCUT2D eigenvalue weighted by Gasteiger charge is -2.13. The molecular weight excluding hydrogens is 406 g/mol. The lowest BCUT2D eigenvalue weighted by molar-refractivity contribution is 0.102. The number of aromatic amines is 1. The minimum absolute atomic E-state index is 0.00359. The Morgan fingerprint density at radius 3 is 2.45 bits per heavy atom. The molecule has 3 aromatic carbocycles. The molecular formula is C25H19N3O2S. The van der Waals surface area contributed by atoms with Gasteiger partial charge in [0.1, 0.15) is 0 Å². The van der Waals surface area contributed by atoms with Crippen molar-refractivity contribution in [3.8, 4) is 0 Å². The molecule has 0 unspecified atom stereocenters. The summed E-state index contributed by atoms with van der Waals surface area (Å²) in [5.74, 6) is 0.192. The molecule has 0 aliphatic carbocycles. The molecule has 5 rings (SSSR count). The Labute approximate surface area is 182 Å². The fourth-order valence-corrected chi connectivity index (χ4v) is 4.56. The first-order chi connectivity index (χ1) is 15.2. The van der Waals surface area contributed by atoms with E-state index in [0.717, 1.165) is 16.5 Å². The summed E-state index contributed by atoms with van der Waals surface area (Å²) >= 11 is 1.30. The highest BCUT2D eigenvalue weighted by Crippen LogP contribution is 2.23. The van der Waals surface area contributed by atoms with Crippen molar-refractivity contribution in [2.45, 2.75) is 11.7 Å². The molecule has 0 bridgehead atoms. The minimum Gasteiger partial charge on any atom is -0.360 e. The SMILES string of the molecule is O=C(CSc1nc2ccccc2c(=O)n1Cc1ccccc1)c1c[nH]c2ccccc12. The molecule has 6 heteroatoms. The number of H-pyrrole nitrogens is 1. The smallest absolute Gasteiger partial charge is 0.262 e. The molecule has 5 nitrogen and oxygen atoms in total. The first kappa shape index (κ1) is 19.3. The topological polar surface area (TPSA) is 67.8 Å². The number of carbonyl (C=O) groups excluding carboxylic acids is 1. The van der Waals surface area contributed by atoms with E-state index >= 15 is 0 Å². The summed E-state index contributed by atoms with van der Waals surface area (Å²) in [5.41, 5.74) is 3.13. The number of nitrogens with zero attached hydrogens (tertiary/aromatic N) is 2. The molecule has 0 atom stereocenters. The van der Waals surface area contributed by atoms with Crippen LogP contribution in [0.5, 0.6) is 0 Å². The number of hydrogen-bond acceptors (Lipinski definition) is 4. The van der Waals surface area contributed by atoms with Crippen molar-refractivity contribution >= 4 is 39.4 Å². The van der Waals surface area contributed by atoms with E-state index in [2.05, 4.69) is 4.98 Å². The maximum absolute atomic E-state index is 13.2. The first-order valence-electron chi connectivity index (χ1n) is 9.96. The minimum atomic E-state index is -0.100. The lowest BCUT2D eigenvalue weighted by Crippen LogP contribution is -2.24. The van der Waals surface area contributed by atoms with Crippen molar-refractivity contribution in [1.82, 2.24) is 14.5 Å². The second-order valence-electron chi connectivity index (χ2n) is 7.25. The summed E-state index contributed by atoms with van der Waals surface area (Å²) in [6, 6.07) is 24.8. The first-order valence-corrected chi connectivity index (χ1v) is 10.9. The molecule has 0 radical (unpaired) electrons. The van der Waals surface area contributed by atoms with Crippen molar-refractivity contribution in [2.24, 2.45) is 0 Å². The summed E-state index contributed by atoms with van der Waals surface area (Å²) in [6.07, 6.45) is 1.75. The Morgan fingerprint density at radius 1 is 0.903 bits per heavy atom. The molecule has 0 aliphatic heterocycles. The van der Waals surface area contributed by atoms with E-state index in [-0.39, 0.29) is 17.1 Å². The predicted octanol–water partition coefficient (Wildman–Crippen LogP) is 4.90. The van der Waals surface area contributed by atoms with Crippen LogP contribution in [0.4, 0.5) is 0 Å². The normalized spacial score (nSPS) is 11.2. The number of rotatable bonds is 6. The van der Waals surface area contributed by atoms with Crippen LogP contribution < -0.4 is 5.56 Å². The van der Waals surface area contributed by atoms with Crippen molar-refractivity contribution in [2.75, 3.05) is 5.75 Å². The number of para-hydroxylation sites is 2. The molecule has 5 aromatic rings. The monoisotopic (exact) mass is 425 g/mol. The number of Topliss-reactive ketones (excluding diaryl/α,β-unsaturated/α-hetero) is 1. The number of aromatic nitrogens is 3. The molecule has 0 aliphatic rings. The summed E-state index contributed by atoms with van der Waals surface area (Å²) in [4.78, 5) is 34.0. The molecule has 0 saturated carbocycles. The van der Waals surface area contributed by atoms with Crippen molar-refractivity contribution in [3.05, 3.63) is 107 Å². The fraction of sp³-hybridized carbons (Fsp3) is 0.0800. The van der Waals surface area contributed by atoms with Gasteiger partial charge in [0.25, 0.3) is 5.56 Å². The molecule has 152 valence electrons. The van der Waals surface area contributed by atoms with Gasteiger partial charge in [-0.25, -0.2) is 4.98 Å². The highest BCUT2D eigenvalue weighted by molar-refractivity contribution is 7.99. The number of ketones is 1. The van der Waals surface area contributed by atoms with Crippen molar-refractivity contribution < 1.29 is 4.79 Å². The van der Waals surface area contributed by atoms with Gasteiger partial charge in [-0.3, -0.25) is 14.2 Å². The largest absolute Gasteiger partial charge is 0.360 e. The molecule has 0 fully saturated rings. The summed E-state index contributed by atoms with van der Waals surface area (Å²) in [6.45, 7) is 0.404. The van der Waals surface area contributed by atoms with Gasteiger partial charge in [0.15, 0.2) is 10.9 Å². The zero-order valence-electron chi connectivity index (χ0n) is 16.6. The molecule has 2 heterocycles. The van der Waals surface area contributed by atoms with E-state index in [0.29, 0.717) is 28.2 Å². The second kappa shape index (κ2) is 8.24. The average molecular weight is 426 g/mol. The Balaban J connectivity index is 1.50. The van der Waals surface area contributed by atoms with Crippen molar-refractivity contribution in [3.63, 3.8) is 0 Å². The third kappa shape index (κ3) is 3.78. The van der Waals surface area contributed by atoms with Gasteiger partial charge in [-0.05, 0) is 23.8 Å². The highest BCUT2D eigenvalue weighted by atomic mass is 32.2. The van der Waals surface area contributed by atoms with Crippen LogP contribution in [-0.2, 0) is 6.54 Å². The highest BCUT2D eigenvalue weighted by Gasteiger charge is 2.16. The Hall–Kier alpha value is -3.64. The number of fused-ring (bicyclic) bond motifs is 2. The Morgan fingerprint density at radius 2 is 1.61 bits per heavy atom. The quantitative estimate of drug-likeness (QED) is 0.239. The Kier molecular flexibility index (Phi) is 5.14. The number of benzene rings is 3. The van der Waals surface area contributed by atoms with Gasteiger partial charge >= 0.3 is 0 Å². The lowest BCUT2D eigenvalue weighted by atomic mass is 10.1.